The van der Waals surface area contributed by atoms with Crippen LogP contribution in [0.4, 0.5) is 0 Å². The van der Waals surface area contributed by atoms with Crippen molar-refractivity contribution in [1.82, 2.24) is 0 Å². The Kier molecular flexibility index (Phi) is 10.3. The van der Waals surface area contributed by atoms with Crippen LogP contribution in [-0.2, 0) is 9.53 Å². The average molecular weight is 322 g/mol. The van der Waals surface area contributed by atoms with Gasteiger partial charge in [-0.05, 0) is 31.6 Å². The fourth-order valence-electron chi connectivity index (χ4n) is 2.79. The maximum Gasteiger partial charge on any atom is 0.305 e. The average Bonchev–Trinajstić information content (AvgIpc) is 2.58. The number of aliphatic hydroxyl groups excluding tert-OH is 2. The number of methoxy groups -OCH3 is 1. The second-order valence-electron chi connectivity index (χ2n) is 6.08. The quantitative estimate of drug-likeness (QED) is 0.505. The third-order valence-corrected chi connectivity index (χ3v) is 4.22. The van der Waals surface area contributed by atoms with E-state index in [0.717, 1.165) is 12.8 Å². The first-order valence-corrected chi connectivity index (χ1v) is 8.58. The highest BCUT2D eigenvalue weighted by atomic mass is 16.5. The lowest BCUT2D eigenvalue weighted by molar-refractivity contribution is -0.140. The van der Waals surface area contributed by atoms with Crippen LogP contribution in [0.15, 0.2) is 36.5 Å². The zero-order valence-electron chi connectivity index (χ0n) is 14.1. The number of ether oxygens (including phenoxy) is 1. The number of esters is 1. The molecule has 0 aromatic heterocycles. The van der Waals surface area contributed by atoms with Crippen molar-refractivity contribution in [2.24, 2.45) is 5.92 Å². The van der Waals surface area contributed by atoms with Gasteiger partial charge in [-0.2, -0.15) is 0 Å². The largest absolute Gasteiger partial charge is 0.469 e. The molecule has 2 atom stereocenters. The van der Waals surface area contributed by atoms with Crippen molar-refractivity contribution in [2.75, 3.05) is 7.11 Å². The molecule has 1 fully saturated rings. The maximum absolute atomic E-state index is 10.9. The lowest BCUT2D eigenvalue weighted by atomic mass is 9.85. The second-order valence-corrected chi connectivity index (χ2v) is 6.08. The zero-order valence-corrected chi connectivity index (χ0v) is 14.1. The van der Waals surface area contributed by atoms with E-state index < -0.39 is 6.10 Å². The van der Waals surface area contributed by atoms with E-state index in [4.69, 9.17) is 0 Å². The van der Waals surface area contributed by atoms with E-state index in [0.29, 0.717) is 25.2 Å². The summed E-state index contributed by atoms with van der Waals surface area (Å²) >= 11 is 0. The van der Waals surface area contributed by atoms with E-state index in [2.05, 4.69) is 4.74 Å². The fourth-order valence-corrected chi connectivity index (χ4v) is 2.79. The van der Waals surface area contributed by atoms with Crippen LogP contribution in [0.2, 0.25) is 0 Å². The third kappa shape index (κ3) is 9.36. The summed E-state index contributed by atoms with van der Waals surface area (Å²) in [5.41, 5.74) is 0. The fraction of sp³-hybridized carbons (Fsp3) is 0.632. The van der Waals surface area contributed by atoms with E-state index in [9.17, 15) is 15.0 Å². The van der Waals surface area contributed by atoms with Crippen LogP contribution in [0.3, 0.4) is 0 Å². The predicted molar refractivity (Wildman–Crippen MR) is 91.9 cm³/mol. The maximum atomic E-state index is 10.9. The summed E-state index contributed by atoms with van der Waals surface area (Å²) in [6.07, 6.45) is 17.4. The Labute approximate surface area is 139 Å². The molecule has 0 saturated heterocycles. The Morgan fingerprint density at radius 1 is 1.09 bits per heavy atom. The van der Waals surface area contributed by atoms with Crippen molar-refractivity contribution in [2.45, 2.75) is 63.6 Å². The molecule has 4 heteroatoms. The van der Waals surface area contributed by atoms with Gasteiger partial charge in [-0.3, -0.25) is 4.79 Å². The minimum Gasteiger partial charge on any atom is -0.469 e. The minimum atomic E-state index is -0.555. The van der Waals surface area contributed by atoms with Crippen molar-refractivity contribution in [3.05, 3.63) is 36.5 Å². The van der Waals surface area contributed by atoms with Crippen LogP contribution in [-0.4, -0.2) is 35.5 Å². The zero-order chi connectivity index (χ0) is 16.9. The lowest BCUT2D eigenvalue weighted by Gasteiger charge is -2.24. The summed E-state index contributed by atoms with van der Waals surface area (Å²) < 4.78 is 4.54. The van der Waals surface area contributed by atoms with E-state index in [1.54, 1.807) is 12.2 Å². The van der Waals surface area contributed by atoms with E-state index in [1.165, 1.54) is 26.4 Å². The molecule has 0 aromatic rings. The summed E-state index contributed by atoms with van der Waals surface area (Å²) in [7, 11) is 1.36. The van der Waals surface area contributed by atoms with Crippen LogP contribution < -0.4 is 0 Å². The standard InChI is InChI=1S/C19H30O4/c1-23-19(22)15-9-13-17(20)12-7-2-3-8-14-18(21)16-10-5-4-6-11-16/h2-3,7-8,12,14,16-18,20-21H,4-6,9-11,13,15H2,1H3/b3-2+,12-7-,14-8+. The van der Waals surface area contributed by atoms with Crippen LogP contribution in [0.25, 0.3) is 0 Å². The van der Waals surface area contributed by atoms with Gasteiger partial charge in [0.1, 0.15) is 0 Å². The Bertz CT molecular complexity index is 406. The summed E-state index contributed by atoms with van der Waals surface area (Å²) in [5.74, 6) is 0.156. The van der Waals surface area contributed by atoms with Gasteiger partial charge in [0, 0.05) is 6.42 Å². The molecule has 0 radical (unpaired) electrons. The van der Waals surface area contributed by atoms with Crippen LogP contribution >= 0.6 is 0 Å². The van der Waals surface area contributed by atoms with Crippen molar-refractivity contribution in [3.8, 4) is 0 Å². The molecule has 0 aromatic carbocycles. The van der Waals surface area contributed by atoms with Gasteiger partial charge >= 0.3 is 5.97 Å². The van der Waals surface area contributed by atoms with Gasteiger partial charge in [0.25, 0.3) is 0 Å². The molecule has 0 spiro atoms. The summed E-state index contributed by atoms with van der Waals surface area (Å²) in [6, 6.07) is 0. The molecule has 0 amide bonds. The van der Waals surface area contributed by atoms with Crippen LogP contribution in [0, 0.1) is 5.92 Å². The Morgan fingerprint density at radius 3 is 2.39 bits per heavy atom. The highest BCUT2D eigenvalue weighted by Crippen LogP contribution is 2.26. The van der Waals surface area contributed by atoms with Crippen molar-refractivity contribution < 1.29 is 19.7 Å². The first kappa shape index (κ1) is 19.7. The number of hydrogen-bond acceptors (Lipinski definition) is 4. The molecule has 1 saturated carbocycles. The molecule has 0 bridgehead atoms. The summed E-state index contributed by atoms with van der Waals surface area (Å²) in [6.45, 7) is 0. The topological polar surface area (TPSA) is 66.8 Å². The molecule has 1 aliphatic carbocycles. The smallest absolute Gasteiger partial charge is 0.305 e. The van der Waals surface area contributed by atoms with Crippen molar-refractivity contribution in [3.63, 3.8) is 0 Å². The van der Waals surface area contributed by atoms with Gasteiger partial charge in [0.2, 0.25) is 0 Å². The van der Waals surface area contributed by atoms with Crippen molar-refractivity contribution in [1.29, 1.82) is 0 Å². The Morgan fingerprint density at radius 2 is 1.74 bits per heavy atom. The molecule has 23 heavy (non-hydrogen) atoms. The molecule has 0 heterocycles. The molecular weight excluding hydrogens is 292 g/mol. The number of carbonyl (C=O) groups is 1. The molecule has 1 aliphatic rings. The van der Waals surface area contributed by atoms with Gasteiger partial charge in [0.05, 0.1) is 19.3 Å². The number of carbonyl (C=O) groups excluding carboxylic acids is 1. The van der Waals surface area contributed by atoms with Gasteiger partial charge in [-0.15, -0.1) is 0 Å². The molecule has 1 rings (SSSR count). The molecular formula is C19H30O4. The molecule has 130 valence electrons. The number of allylic oxidation sites excluding steroid dienone is 4. The van der Waals surface area contributed by atoms with Crippen LogP contribution in [0.1, 0.15) is 51.4 Å². The Balaban J connectivity index is 2.18. The van der Waals surface area contributed by atoms with Gasteiger partial charge in [-0.1, -0.05) is 55.7 Å². The number of hydrogen-bond donors (Lipinski definition) is 2. The highest BCUT2D eigenvalue weighted by molar-refractivity contribution is 5.68. The van der Waals surface area contributed by atoms with Gasteiger partial charge < -0.3 is 14.9 Å². The Hall–Kier alpha value is -1.39. The minimum absolute atomic E-state index is 0.247. The normalized spacial score (nSPS) is 19.6. The van der Waals surface area contributed by atoms with Crippen LogP contribution in [0.5, 0.6) is 0 Å². The summed E-state index contributed by atoms with van der Waals surface area (Å²) in [5, 5.41) is 19.8. The second kappa shape index (κ2) is 12.1. The number of aliphatic hydroxyl groups is 2. The molecule has 4 nitrogen and oxygen atoms in total. The predicted octanol–water partition coefficient (Wildman–Crippen LogP) is 3.30. The third-order valence-electron chi connectivity index (χ3n) is 4.22. The molecule has 0 aliphatic heterocycles. The van der Waals surface area contributed by atoms with Crippen molar-refractivity contribution >= 4 is 5.97 Å². The molecule has 2 unspecified atom stereocenters. The number of rotatable bonds is 9. The first-order chi connectivity index (χ1) is 11.1. The van der Waals surface area contributed by atoms with E-state index in [-0.39, 0.29) is 12.1 Å². The summed E-state index contributed by atoms with van der Waals surface area (Å²) in [4.78, 5) is 10.9. The van der Waals surface area contributed by atoms with Gasteiger partial charge in [0.15, 0.2) is 0 Å². The lowest BCUT2D eigenvalue weighted by Crippen LogP contribution is -2.20. The van der Waals surface area contributed by atoms with Gasteiger partial charge in [-0.25, -0.2) is 0 Å². The van der Waals surface area contributed by atoms with E-state index in [1.807, 2.05) is 24.3 Å². The SMILES string of the molecule is COC(=O)CCCC(O)\C=C/C=C/C=C/C(O)C1CCCCC1. The first-order valence-electron chi connectivity index (χ1n) is 8.58. The van der Waals surface area contributed by atoms with E-state index >= 15 is 0 Å². The monoisotopic (exact) mass is 322 g/mol. The highest BCUT2D eigenvalue weighted by Gasteiger charge is 2.18. The molecule has 2 N–H and O–H groups in total.